The number of amides is 2. The van der Waals surface area contributed by atoms with Crippen molar-refractivity contribution in [2.45, 2.75) is 71.5 Å². The predicted octanol–water partition coefficient (Wildman–Crippen LogP) is 5.31. The summed E-state index contributed by atoms with van der Waals surface area (Å²) in [6.45, 7) is 6.08. The standard InChI is InChI=1S/C26H33BrN2O3/c1-18-12-13-24(14-19(18)2)32-17-25(30)29(16-21-8-7-9-22(27)15-21)20(3)26(31)28-23-10-5-4-6-11-23/h7-9,12-15,20,23H,4-6,10-11,16-17H2,1-3H3,(H,28,31)/t20-/m0/s1. The Kier molecular flexibility index (Phi) is 8.74. The van der Waals surface area contributed by atoms with E-state index in [0.717, 1.165) is 41.3 Å². The highest BCUT2D eigenvalue weighted by atomic mass is 79.9. The summed E-state index contributed by atoms with van der Waals surface area (Å²) in [5, 5.41) is 3.16. The molecule has 1 aliphatic rings. The number of hydrogen-bond acceptors (Lipinski definition) is 3. The molecule has 0 aromatic heterocycles. The van der Waals surface area contributed by atoms with Crippen molar-refractivity contribution in [1.29, 1.82) is 0 Å². The first kappa shape index (κ1) is 24.3. The Hall–Kier alpha value is -2.34. The van der Waals surface area contributed by atoms with E-state index >= 15 is 0 Å². The highest BCUT2D eigenvalue weighted by Crippen LogP contribution is 2.20. The van der Waals surface area contributed by atoms with Crippen molar-refractivity contribution in [2.75, 3.05) is 6.61 Å². The molecule has 2 aromatic carbocycles. The largest absolute Gasteiger partial charge is 0.484 e. The Labute approximate surface area is 199 Å². The van der Waals surface area contributed by atoms with Crippen LogP contribution in [0.4, 0.5) is 0 Å². The fraction of sp³-hybridized carbons (Fsp3) is 0.462. The van der Waals surface area contributed by atoms with E-state index in [2.05, 4.69) is 21.2 Å². The minimum atomic E-state index is -0.591. The zero-order chi connectivity index (χ0) is 23.1. The number of aryl methyl sites for hydroxylation is 2. The molecule has 172 valence electrons. The van der Waals surface area contributed by atoms with Gasteiger partial charge in [-0.25, -0.2) is 0 Å². The van der Waals surface area contributed by atoms with Crippen molar-refractivity contribution in [2.24, 2.45) is 0 Å². The summed E-state index contributed by atoms with van der Waals surface area (Å²) in [6, 6.07) is 13.2. The molecule has 0 aliphatic heterocycles. The molecule has 2 amide bonds. The van der Waals surface area contributed by atoms with E-state index in [1.54, 1.807) is 11.8 Å². The molecule has 1 N–H and O–H groups in total. The van der Waals surface area contributed by atoms with Crippen LogP contribution in [0, 0.1) is 13.8 Å². The number of benzene rings is 2. The van der Waals surface area contributed by atoms with Crippen LogP contribution in [0.15, 0.2) is 46.9 Å². The predicted molar refractivity (Wildman–Crippen MR) is 131 cm³/mol. The molecular weight excluding hydrogens is 468 g/mol. The third kappa shape index (κ3) is 6.83. The van der Waals surface area contributed by atoms with Gasteiger partial charge < -0.3 is 15.0 Å². The van der Waals surface area contributed by atoms with Crippen LogP contribution in [-0.2, 0) is 16.1 Å². The number of carbonyl (C=O) groups is 2. The van der Waals surface area contributed by atoms with Crippen molar-refractivity contribution in [1.82, 2.24) is 10.2 Å². The van der Waals surface area contributed by atoms with E-state index in [0.29, 0.717) is 12.3 Å². The Balaban J connectivity index is 1.71. The number of ether oxygens (including phenoxy) is 1. The van der Waals surface area contributed by atoms with Gasteiger partial charge in [-0.05, 0) is 74.6 Å². The molecule has 32 heavy (non-hydrogen) atoms. The monoisotopic (exact) mass is 500 g/mol. The van der Waals surface area contributed by atoms with Crippen molar-refractivity contribution in [3.63, 3.8) is 0 Å². The summed E-state index contributed by atoms with van der Waals surface area (Å²) in [4.78, 5) is 27.8. The Morgan fingerprint density at radius 3 is 2.53 bits per heavy atom. The lowest BCUT2D eigenvalue weighted by Crippen LogP contribution is -2.51. The summed E-state index contributed by atoms with van der Waals surface area (Å²) in [7, 11) is 0. The molecular formula is C26H33BrN2O3. The lowest BCUT2D eigenvalue weighted by atomic mass is 9.95. The first-order valence-electron chi connectivity index (χ1n) is 11.4. The first-order chi connectivity index (χ1) is 15.3. The minimum absolute atomic E-state index is 0.105. The van der Waals surface area contributed by atoms with Gasteiger partial charge in [0.2, 0.25) is 5.91 Å². The SMILES string of the molecule is Cc1ccc(OCC(=O)N(Cc2cccc(Br)c2)[C@@H](C)C(=O)NC2CCCCC2)cc1C. The van der Waals surface area contributed by atoms with Crippen LogP contribution in [0.3, 0.4) is 0 Å². The molecule has 1 aliphatic carbocycles. The van der Waals surface area contributed by atoms with Crippen molar-refractivity contribution < 1.29 is 14.3 Å². The van der Waals surface area contributed by atoms with Gasteiger partial charge in [0.15, 0.2) is 6.61 Å². The van der Waals surface area contributed by atoms with Gasteiger partial charge in [-0.15, -0.1) is 0 Å². The highest BCUT2D eigenvalue weighted by Gasteiger charge is 2.28. The fourth-order valence-corrected chi connectivity index (χ4v) is 4.46. The molecule has 2 aromatic rings. The molecule has 3 rings (SSSR count). The second kappa shape index (κ2) is 11.5. The summed E-state index contributed by atoms with van der Waals surface area (Å²) in [5.74, 6) is 0.337. The molecule has 5 nitrogen and oxygen atoms in total. The maximum absolute atomic E-state index is 13.2. The first-order valence-corrected chi connectivity index (χ1v) is 12.2. The van der Waals surface area contributed by atoms with E-state index in [9.17, 15) is 9.59 Å². The van der Waals surface area contributed by atoms with Crippen LogP contribution in [0.1, 0.15) is 55.7 Å². The third-order valence-electron chi connectivity index (χ3n) is 6.20. The van der Waals surface area contributed by atoms with Crippen LogP contribution in [-0.4, -0.2) is 35.4 Å². The normalized spacial score (nSPS) is 15.1. The van der Waals surface area contributed by atoms with E-state index in [4.69, 9.17) is 4.74 Å². The van der Waals surface area contributed by atoms with Gasteiger partial charge in [-0.3, -0.25) is 9.59 Å². The van der Waals surface area contributed by atoms with Crippen LogP contribution in [0.2, 0.25) is 0 Å². The smallest absolute Gasteiger partial charge is 0.261 e. The molecule has 1 fully saturated rings. The van der Waals surface area contributed by atoms with Gasteiger partial charge in [-0.2, -0.15) is 0 Å². The molecule has 0 unspecified atom stereocenters. The van der Waals surface area contributed by atoms with E-state index < -0.39 is 6.04 Å². The van der Waals surface area contributed by atoms with Gasteiger partial charge in [0.25, 0.3) is 5.91 Å². The lowest BCUT2D eigenvalue weighted by Gasteiger charge is -2.31. The Morgan fingerprint density at radius 2 is 1.84 bits per heavy atom. The number of halogens is 1. The van der Waals surface area contributed by atoms with E-state index in [1.165, 1.54) is 12.0 Å². The zero-order valence-electron chi connectivity index (χ0n) is 19.2. The summed E-state index contributed by atoms with van der Waals surface area (Å²) in [5.41, 5.74) is 3.24. The molecule has 0 spiro atoms. The summed E-state index contributed by atoms with van der Waals surface area (Å²) >= 11 is 3.49. The Morgan fingerprint density at radius 1 is 1.09 bits per heavy atom. The number of carbonyl (C=O) groups excluding carboxylic acids is 2. The summed E-state index contributed by atoms with van der Waals surface area (Å²) in [6.07, 6.45) is 5.53. The van der Waals surface area contributed by atoms with Gasteiger partial charge >= 0.3 is 0 Å². The van der Waals surface area contributed by atoms with E-state index in [1.807, 2.05) is 56.3 Å². The highest BCUT2D eigenvalue weighted by molar-refractivity contribution is 9.10. The second-order valence-electron chi connectivity index (χ2n) is 8.71. The molecule has 0 bridgehead atoms. The molecule has 0 saturated heterocycles. The van der Waals surface area contributed by atoms with Crippen LogP contribution in [0.25, 0.3) is 0 Å². The lowest BCUT2D eigenvalue weighted by molar-refractivity contribution is -0.142. The molecule has 6 heteroatoms. The number of rotatable bonds is 8. The summed E-state index contributed by atoms with van der Waals surface area (Å²) < 4.78 is 6.73. The van der Waals surface area contributed by atoms with Crippen molar-refractivity contribution >= 4 is 27.7 Å². The molecule has 1 saturated carbocycles. The van der Waals surface area contributed by atoms with E-state index in [-0.39, 0.29) is 24.5 Å². The van der Waals surface area contributed by atoms with Crippen molar-refractivity contribution in [3.05, 3.63) is 63.6 Å². The molecule has 0 heterocycles. The Bertz CT molecular complexity index is 940. The van der Waals surface area contributed by atoms with Crippen molar-refractivity contribution in [3.8, 4) is 5.75 Å². The number of nitrogens with one attached hydrogen (secondary N) is 1. The average molecular weight is 501 g/mol. The maximum atomic E-state index is 13.2. The quantitative estimate of drug-likeness (QED) is 0.534. The number of hydrogen-bond donors (Lipinski definition) is 1. The molecule has 0 radical (unpaired) electrons. The van der Waals surface area contributed by atoms with Crippen LogP contribution < -0.4 is 10.1 Å². The third-order valence-corrected chi connectivity index (χ3v) is 6.69. The van der Waals surface area contributed by atoms with Crippen LogP contribution >= 0.6 is 15.9 Å². The topological polar surface area (TPSA) is 58.6 Å². The van der Waals surface area contributed by atoms with Gasteiger partial charge in [0, 0.05) is 17.1 Å². The maximum Gasteiger partial charge on any atom is 0.261 e. The van der Waals surface area contributed by atoms with Crippen LogP contribution in [0.5, 0.6) is 5.75 Å². The fourth-order valence-electron chi connectivity index (χ4n) is 4.02. The minimum Gasteiger partial charge on any atom is -0.484 e. The molecule has 1 atom stereocenters. The second-order valence-corrected chi connectivity index (χ2v) is 9.62. The number of nitrogens with zero attached hydrogens (tertiary/aromatic N) is 1. The van der Waals surface area contributed by atoms with Gasteiger partial charge in [-0.1, -0.05) is 53.4 Å². The zero-order valence-corrected chi connectivity index (χ0v) is 20.8. The average Bonchev–Trinajstić information content (AvgIpc) is 2.78. The van der Waals surface area contributed by atoms with Gasteiger partial charge in [0.05, 0.1) is 0 Å². The van der Waals surface area contributed by atoms with Gasteiger partial charge in [0.1, 0.15) is 11.8 Å².